The van der Waals surface area contributed by atoms with Crippen molar-refractivity contribution in [1.29, 1.82) is 0 Å². The summed E-state index contributed by atoms with van der Waals surface area (Å²) in [5.41, 5.74) is 0. The second kappa shape index (κ2) is 5.85. The van der Waals surface area contributed by atoms with E-state index in [4.69, 9.17) is 9.15 Å². The largest absolute Gasteiger partial charge is 0.465 e. The van der Waals surface area contributed by atoms with Crippen molar-refractivity contribution in [3.8, 4) is 0 Å². The van der Waals surface area contributed by atoms with Crippen LogP contribution in [0.2, 0.25) is 0 Å². The van der Waals surface area contributed by atoms with Crippen LogP contribution in [0, 0.1) is 12.8 Å². The molecule has 22 heavy (non-hydrogen) atoms. The van der Waals surface area contributed by atoms with Gasteiger partial charge in [0.05, 0.1) is 19.3 Å². The summed E-state index contributed by atoms with van der Waals surface area (Å²) < 4.78 is 13.9. The topological polar surface area (TPSA) is 56.3 Å². The van der Waals surface area contributed by atoms with Crippen LogP contribution >= 0.6 is 0 Å². The second-order valence-corrected chi connectivity index (χ2v) is 6.38. The third kappa shape index (κ3) is 2.68. The summed E-state index contributed by atoms with van der Waals surface area (Å²) in [4.78, 5) is 2.53. The first-order valence-corrected chi connectivity index (χ1v) is 8.03. The Hall–Kier alpha value is -1.66. The minimum atomic E-state index is 0.312. The van der Waals surface area contributed by atoms with Crippen molar-refractivity contribution in [2.75, 3.05) is 13.2 Å². The van der Waals surface area contributed by atoms with Gasteiger partial charge in [0.1, 0.15) is 24.2 Å². The number of rotatable bonds is 4. The van der Waals surface area contributed by atoms with Crippen molar-refractivity contribution in [2.45, 2.75) is 45.0 Å². The molecule has 0 N–H and O–H groups in total. The highest BCUT2D eigenvalue weighted by atomic mass is 16.5. The third-order valence-corrected chi connectivity index (χ3v) is 4.90. The van der Waals surface area contributed by atoms with E-state index in [9.17, 15) is 0 Å². The molecule has 2 fully saturated rings. The predicted molar refractivity (Wildman–Crippen MR) is 80.1 cm³/mol. The van der Waals surface area contributed by atoms with Gasteiger partial charge in [0.25, 0.3) is 0 Å². The Bertz CT molecular complexity index is 609. The van der Waals surface area contributed by atoms with Crippen molar-refractivity contribution >= 4 is 0 Å². The van der Waals surface area contributed by atoms with Crippen LogP contribution in [-0.2, 0) is 17.8 Å². The number of aromatic nitrogens is 3. The van der Waals surface area contributed by atoms with Gasteiger partial charge in [0.15, 0.2) is 0 Å². The fraction of sp³-hybridized carbons (Fsp3) is 0.625. The van der Waals surface area contributed by atoms with Gasteiger partial charge in [0.2, 0.25) is 0 Å². The Labute approximate surface area is 130 Å². The normalized spacial score (nSPS) is 28.9. The van der Waals surface area contributed by atoms with Gasteiger partial charge in [-0.15, -0.1) is 10.2 Å². The molecule has 0 bridgehead atoms. The number of furan rings is 1. The molecule has 0 aromatic carbocycles. The summed E-state index contributed by atoms with van der Waals surface area (Å²) in [6, 6.07) is 4.63. The number of hydrogen-bond donors (Lipinski definition) is 0. The highest BCUT2D eigenvalue weighted by Gasteiger charge is 2.42. The number of fused-ring (bicyclic) bond motifs is 1. The van der Waals surface area contributed by atoms with E-state index in [1.807, 2.05) is 13.0 Å². The quantitative estimate of drug-likeness (QED) is 0.863. The van der Waals surface area contributed by atoms with Crippen LogP contribution in [-0.4, -0.2) is 45.0 Å². The fourth-order valence-electron chi connectivity index (χ4n) is 3.89. The lowest BCUT2D eigenvalue weighted by Gasteiger charge is -2.38. The molecule has 2 aliphatic rings. The Morgan fingerprint density at radius 2 is 2.09 bits per heavy atom. The average molecular weight is 302 g/mol. The highest BCUT2D eigenvalue weighted by molar-refractivity contribution is 5.06. The molecule has 2 aromatic rings. The molecule has 4 rings (SSSR count). The molecule has 3 atom stereocenters. The molecule has 6 nitrogen and oxygen atoms in total. The summed E-state index contributed by atoms with van der Waals surface area (Å²) in [7, 11) is 0. The molecular weight excluding hydrogens is 280 g/mol. The van der Waals surface area contributed by atoms with Gasteiger partial charge < -0.3 is 13.7 Å². The fourth-order valence-corrected chi connectivity index (χ4v) is 3.89. The molecule has 3 heterocycles. The van der Waals surface area contributed by atoms with Gasteiger partial charge in [-0.1, -0.05) is 0 Å². The third-order valence-electron chi connectivity index (χ3n) is 4.90. The van der Waals surface area contributed by atoms with Crippen LogP contribution in [0.1, 0.15) is 24.4 Å². The van der Waals surface area contributed by atoms with E-state index < -0.39 is 0 Å². The number of nitrogens with zero attached hydrogens (tertiary/aromatic N) is 4. The van der Waals surface area contributed by atoms with Crippen LogP contribution in [0.3, 0.4) is 0 Å². The van der Waals surface area contributed by atoms with Crippen LogP contribution in [0.25, 0.3) is 0 Å². The lowest BCUT2D eigenvalue weighted by atomic mass is 10.0. The molecular formula is C16H22N4O2. The first kappa shape index (κ1) is 14.0. The summed E-state index contributed by atoms with van der Waals surface area (Å²) in [5, 5.41) is 7.78. The highest BCUT2D eigenvalue weighted by Crippen LogP contribution is 2.36. The van der Waals surface area contributed by atoms with Gasteiger partial charge in [-0.05, 0) is 31.9 Å². The molecule has 6 heteroatoms. The van der Waals surface area contributed by atoms with Crippen molar-refractivity contribution < 1.29 is 9.15 Å². The van der Waals surface area contributed by atoms with Crippen LogP contribution in [0.15, 0.2) is 29.2 Å². The van der Waals surface area contributed by atoms with E-state index in [1.54, 1.807) is 12.7 Å². The predicted octanol–water partition coefficient (Wildman–Crippen LogP) is 1.86. The molecule has 1 aliphatic heterocycles. The van der Waals surface area contributed by atoms with Gasteiger partial charge in [-0.25, -0.2) is 0 Å². The Balaban J connectivity index is 1.44. The van der Waals surface area contributed by atoms with Crippen molar-refractivity contribution in [3.05, 3.63) is 36.3 Å². The van der Waals surface area contributed by atoms with Crippen LogP contribution in [0.4, 0.5) is 0 Å². The van der Waals surface area contributed by atoms with Crippen LogP contribution < -0.4 is 0 Å². The zero-order valence-electron chi connectivity index (χ0n) is 12.9. The molecule has 0 amide bonds. The minimum absolute atomic E-state index is 0.312. The van der Waals surface area contributed by atoms with Gasteiger partial charge >= 0.3 is 0 Å². The smallest absolute Gasteiger partial charge is 0.119 e. The van der Waals surface area contributed by atoms with Gasteiger partial charge in [-0.3, -0.25) is 4.90 Å². The molecule has 0 spiro atoms. The molecule has 1 aliphatic carbocycles. The Kier molecular flexibility index (Phi) is 3.72. The first-order valence-electron chi connectivity index (χ1n) is 8.03. The SMILES string of the molecule is Cc1ccc(CN2CCO[C@@H]3[C@H](Cn4cnnc4)CC[C@@H]32)o1. The van der Waals surface area contributed by atoms with Gasteiger partial charge in [0, 0.05) is 25.0 Å². The van der Waals surface area contributed by atoms with Crippen molar-refractivity contribution in [1.82, 2.24) is 19.7 Å². The number of morpholine rings is 1. The average Bonchev–Trinajstić information content (AvgIpc) is 3.23. The Morgan fingerprint density at radius 3 is 2.86 bits per heavy atom. The lowest BCUT2D eigenvalue weighted by molar-refractivity contribution is -0.0801. The number of aryl methyl sites for hydroxylation is 1. The molecule has 1 saturated heterocycles. The van der Waals surface area contributed by atoms with E-state index >= 15 is 0 Å². The van der Waals surface area contributed by atoms with Crippen molar-refractivity contribution in [3.63, 3.8) is 0 Å². The monoisotopic (exact) mass is 302 g/mol. The maximum Gasteiger partial charge on any atom is 0.119 e. The lowest BCUT2D eigenvalue weighted by Crippen LogP contribution is -2.50. The maximum atomic E-state index is 6.11. The van der Waals surface area contributed by atoms with E-state index in [-0.39, 0.29) is 0 Å². The Morgan fingerprint density at radius 1 is 1.23 bits per heavy atom. The summed E-state index contributed by atoms with van der Waals surface area (Å²) in [6.45, 7) is 5.62. The van der Waals surface area contributed by atoms with E-state index in [0.717, 1.165) is 37.8 Å². The molecule has 0 radical (unpaired) electrons. The standard InChI is InChI=1S/C16H22N4O2/c1-12-2-4-14(22-12)9-20-6-7-21-16-13(3-5-15(16)20)8-19-10-17-18-11-19/h2,4,10-11,13,15-16H,3,5-9H2,1H3/t13-,15-,16+/m0/s1. The van der Waals surface area contributed by atoms with Crippen molar-refractivity contribution in [2.24, 2.45) is 5.92 Å². The second-order valence-electron chi connectivity index (χ2n) is 6.38. The van der Waals surface area contributed by atoms with Crippen LogP contribution in [0.5, 0.6) is 0 Å². The summed E-state index contributed by atoms with van der Waals surface area (Å²) >= 11 is 0. The molecule has 2 aromatic heterocycles. The zero-order chi connectivity index (χ0) is 14.9. The van der Waals surface area contributed by atoms with E-state index in [0.29, 0.717) is 18.1 Å². The number of hydrogen-bond acceptors (Lipinski definition) is 5. The van der Waals surface area contributed by atoms with E-state index in [1.165, 1.54) is 12.8 Å². The molecule has 0 unspecified atom stereocenters. The molecule has 1 saturated carbocycles. The summed E-state index contributed by atoms with van der Waals surface area (Å²) in [5.74, 6) is 2.58. The first-order chi connectivity index (χ1) is 10.8. The molecule has 118 valence electrons. The van der Waals surface area contributed by atoms with E-state index in [2.05, 4.69) is 25.7 Å². The number of ether oxygens (including phenoxy) is 1. The summed E-state index contributed by atoms with van der Waals surface area (Å²) in [6.07, 6.45) is 6.28. The zero-order valence-corrected chi connectivity index (χ0v) is 12.9. The van der Waals surface area contributed by atoms with Gasteiger partial charge in [-0.2, -0.15) is 0 Å². The maximum absolute atomic E-state index is 6.11. The minimum Gasteiger partial charge on any atom is -0.465 e.